The van der Waals surface area contributed by atoms with Crippen LogP contribution in [0.3, 0.4) is 0 Å². The van der Waals surface area contributed by atoms with E-state index >= 15 is 0 Å². The lowest BCUT2D eigenvalue weighted by Gasteiger charge is -2.12. The molecular weight excluding hydrogens is 396 g/mol. The smallest absolute Gasteiger partial charge is 0.168 e. The topological polar surface area (TPSA) is 38.0 Å². The minimum absolute atomic E-state index is 0.244. The van der Waals surface area contributed by atoms with E-state index in [0.717, 1.165) is 24.7 Å². The van der Waals surface area contributed by atoms with E-state index in [9.17, 15) is 0 Å². The van der Waals surface area contributed by atoms with Gasteiger partial charge in [-0.05, 0) is 62.6 Å². The van der Waals surface area contributed by atoms with Crippen LogP contribution in [-0.2, 0) is 0 Å². The third kappa shape index (κ3) is 2.68. The molecule has 0 aromatic heterocycles. The molecule has 0 unspecified atom stereocenters. The molecule has 0 fully saturated rings. The van der Waals surface area contributed by atoms with Crippen LogP contribution in [0.2, 0.25) is 0 Å². The lowest BCUT2D eigenvalue weighted by Crippen LogP contribution is -2.19. The Bertz CT molecular complexity index is 393. The number of anilines is 1. The molecule has 0 aliphatic rings. The molecule has 76 valence electrons. The van der Waals surface area contributed by atoms with Crippen LogP contribution in [0.5, 0.6) is 0 Å². The van der Waals surface area contributed by atoms with E-state index in [-0.39, 0.29) is 5.11 Å². The normalized spacial score (nSPS) is 10.0. The summed E-state index contributed by atoms with van der Waals surface area (Å²) in [5.74, 6) is 0. The van der Waals surface area contributed by atoms with Gasteiger partial charge in [0, 0.05) is 13.4 Å². The maximum absolute atomic E-state index is 5.42. The predicted molar refractivity (Wildman–Crippen MR) is 74.7 cm³/mol. The monoisotopic (exact) mass is 400 g/mol. The van der Waals surface area contributed by atoms with Crippen molar-refractivity contribution in [1.29, 1.82) is 0 Å². The van der Waals surface area contributed by atoms with E-state index < -0.39 is 0 Å². The number of nitrogens with two attached hydrogens (primary N) is 1. The van der Waals surface area contributed by atoms with Gasteiger partial charge in [0.15, 0.2) is 5.11 Å². The minimum Gasteiger partial charge on any atom is -0.376 e. The molecule has 0 atom stereocenters. The van der Waals surface area contributed by atoms with Crippen molar-refractivity contribution >= 4 is 70.8 Å². The van der Waals surface area contributed by atoms with E-state index in [4.69, 9.17) is 18.0 Å². The van der Waals surface area contributed by atoms with Gasteiger partial charge < -0.3 is 11.1 Å². The van der Waals surface area contributed by atoms with Crippen molar-refractivity contribution in [1.82, 2.24) is 0 Å². The summed E-state index contributed by atoms with van der Waals surface area (Å²) in [5.41, 5.74) is 7.35. The molecule has 0 spiro atoms. The van der Waals surface area contributed by atoms with Crippen LogP contribution >= 0.6 is 60.0 Å². The van der Waals surface area contributed by atoms with E-state index in [2.05, 4.69) is 53.1 Å². The Balaban J connectivity index is 3.29. The molecule has 0 amide bonds. The Morgan fingerprint density at radius 1 is 1.36 bits per heavy atom. The summed E-state index contributed by atoms with van der Waals surface area (Å²) in [6, 6.07) is 1.95. The minimum atomic E-state index is 0.244. The van der Waals surface area contributed by atoms with Gasteiger partial charge in [0.05, 0.1) is 5.69 Å². The maximum Gasteiger partial charge on any atom is 0.168 e. The maximum atomic E-state index is 5.42. The van der Waals surface area contributed by atoms with Gasteiger partial charge >= 0.3 is 0 Å². The second-order valence-corrected chi connectivity index (χ2v) is 5.58. The first-order valence-electron chi connectivity index (χ1n) is 3.64. The summed E-state index contributed by atoms with van der Waals surface area (Å²) in [6.45, 7) is 1.99. The molecule has 0 saturated heterocycles. The number of thiocarbonyl (C=S) groups is 1. The van der Waals surface area contributed by atoms with Gasteiger partial charge in [-0.2, -0.15) is 0 Å². The Morgan fingerprint density at radius 3 is 2.43 bits per heavy atom. The molecule has 0 aliphatic heterocycles. The number of rotatable bonds is 1. The van der Waals surface area contributed by atoms with Crippen molar-refractivity contribution in [3.63, 3.8) is 0 Å². The molecule has 0 saturated carbocycles. The van der Waals surface area contributed by atoms with Gasteiger partial charge in [-0.1, -0.05) is 15.9 Å². The quantitative estimate of drug-likeness (QED) is 0.699. The van der Waals surface area contributed by atoms with Crippen LogP contribution in [-0.4, -0.2) is 5.11 Å². The van der Waals surface area contributed by atoms with Gasteiger partial charge in [-0.25, -0.2) is 0 Å². The van der Waals surface area contributed by atoms with Gasteiger partial charge in [-0.3, -0.25) is 0 Å². The second-order valence-electron chi connectivity index (χ2n) is 2.64. The standard InChI is InChI=1S/C8H7Br3N2S/c1-3-4(9)2-5(10)7(6(3)11)13-8(12)14/h2H,1H3,(H3,12,13,14). The fourth-order valence-electron chi connectivity index (χ4n) is 0.927. The van der Waals surface area contributed by atoms with Crippen LogP contribution in [0.15, 0.2) is 19.5 Å². The molecule has 6 heteroatoms. The molecule has 2 nitrogen and oxygen atoms in total. The fourth-order valence-corrected chi connectivity index (χ4v) is 3.35. The Kier molecular flexibility index (Phi) is 4.36. The highest BCUT2D eigenvalue weighted by Crippen LogP contribution is 2.37. The average molecular weight is 403 g/mol. The van der Waals surface area contributed by atoms with Crippen LogP contribution in [0.1, 0.15) is 5.56 Å². The number of hydrogen-bond acceptors (Lipinski definition) is 1. The molecule has 0 aliphatic carbocycles. The van der Waals surface area contributed by atoms with Gasteiger partial charge in [0.25, 0.3) is 0 Å². The first kappa shape index (κ1) is 12.4. The zero-order valence-electron chi connectivity index (χ0n) is 7.20. The summed E-state index contributed by atoms with van der Waals surface area (Å²) < 4.78 is 2.85. The zero-order chi connectivity index (χ0) is 10.9. The van der Waals surface area contributed by atoms with Gasteiger partial charge in [0.2, 0.25) is 0 Å². The highest BCUT2D eigenvalue weighted by molar-refractivity contribution is 9.11. The SMILES string of the molecule is Cc1c(Br)cc(Br)c(NC(N)=S)c1Br. The summed E-state index contributed by atoms with van der Waals surface area (Å²) in [4.78, 5) is 0. The van der Waals surface area contributed by atoms with E-state index in [0.29, 0.717) is 0 Å². The van der Waals surface area contributed by atoms with Gasteiger partial charge in [0.1, 0.15) is 0 Å². The Hall–Kier alpha value is 0.350. The second kappa shape index (κ2) is 4.92. The molecule has 14 heavy (non-hydrogen) atoms. The van der Waals surface area contributed by atoms with Crippen molar-refractivity contribution in [3.05, 3.63) is 25.0 Å². The molecular formula is C8H7Br3N2S. The van der Waals surface area contributed by atoms with Crippen molar-refractivity contribution < 1.29 is 0 Å². The predicted octanol–water partition coefficient (Wildman–Crippen LogP) is 3.94. The third-order valence-electron chi connectivity index (χ3n) is 1.65. The fraction of sp³-hybridized carbons (Fsp3) is 0.125. The molecule has 0 radical (unpaired) electrons. The summed E-state index contributed by atoms with van der Waals surface area (Å²) >= 11 is 15.1. The highest BCUT2D eigenvalue weighted by atomic mass is 79.9. The largest absolute Gasteiger partial charge is 0.376 e. The average Bonchev–Trinajstić information content (AvgIpc) is 2.09. The third-order valence-corrected chi connectivity index (χ3v) is 4.19. The lowest BCUT2D eigenvalue weighted by atomic mass is 10.2. The Labute approximate surface area is 113 Å². The molecule has 1 aromatic carbocycles. The first-order chi connectivity index (χ1) is 6.43. The van der Waals surface area contributed by atoms with E-state index in [1.807, 2.05) is 13.0 Å². The van der Waals surface area contributed by atoms with Crippen molar-refractivity contribution in [2.24, 2.45) is 5.73 Å². The molecule has 0 bridgehead atoms. The summed E-state index contributed by atoms with van der Waals surface area (Å²) in [6.07, 6.45) is 0. The number of hydrogen-bond donors (Lipinski definition) is 2. The zero-order valence-corrected chi connectivity index (χ0v) is 12.8. The summed E-state index contributed by atoms with van der Waals surface area (Å²) in [7, 11) is 0. The van der Waals surface area contributed by atoms with Crippen LogP contribution < -0.4 is 11.1 Å². The number of halogens is 3. The highest BCUT2D eigenvalue weighted by Gasteiger charge is 2.11. The number of nitrogens with one attached hydrogen (secondary N) is 1. The molecule has 3 N–H and O–H groups in total. The Morgan fingerprint density at radius 2 is 1.93 bits per heavy atom. The number of benzene rings is 1. The van der Waals surface area contributed by atoms with Crippen LogP contribution in [0, 0.1) is 6.92 Å². The van der Waals surface area contributed by atoms with Crippen LogP contribution in [0.25, 0.3) is 0 Å². The van der Waals surface area contributed by atoms with Crippen molar-refractivity contribution in [2.45, 2.75) is 6.92 Å². The van der Waals surface area contributed by atoms with Crippen LogP contribution in [0.4, 0.5) is 5.69 Å². The lowest BCUT2D eigenvalue weighted by molar-refractivity contribution is 1.37. The first-order valence-corrected chi connectivity index (χ1v) is 6.42. The van der Waals surface area contributed by atoms with Crippen molar-refractivity contribution in [3.8, 4) is 0 Å². The van der Waals surface area contributed by atoms with Gasteiger partial charge in [-0.15, -0.1) is 0 Å². The molecule has 1 aromatic rings. The summed E-state index contributed by atoms with van der Waals surface area (Å²) in [5, 5.41) is 3.15. The van der Waals surface area contributed by atoms with E-state index in [1.54, 1.807) is 0 Å². The van der Waals surface area contributed by atoms with E-state index in [1.165, 1.54) is 0 Å². The molecule has 1 rings (SSSR count). The van der Waals surface area contributed by atoms with Crippen molar-refractivity contribution in [2.75, 3.05) is 5.32 Å². The molecule has 0 heterocycles.